The Kier molecular flexibility index (Phi) is 22.6. The Hall–Kier alpha value is -0.260. The van der Waals surface area contributed by atoms with Crippen LogP contribution in [0.2, 0.25) is 0 Å². The molecule has 0 radical (unpaired) electrons. The van der Waals surface area contributed by atoms with Crippen LogP contribution < -0.4 is 0 Å². The van der Waals surface area contributed by atoms with Crippen LogP contribution in [-0.4, -0.2) is 0 Å². The van der Waals surface area contributed by atoms with Crippen LogP contribution in [0.15, 0.2) is 12.2 Å². The van der Waals surface area contributed by atoms with E-state index in [1.807, 2.05) is 20.8 Å². The Bertz CT molecular complexity index is 124. The molecule has 2 unspecified atom stereocenters. The third-order valence-corrected chi connectivity index (χ3v) is 2.96. The molecule has 16 heavy (non-hydrogen) atoms. The minimum Gasteiger partial charge on any atom is -0.100 e. The van der Waals surface area contributed by atoms with Gasteiger partial charge in [-0.15, -0.1) is 6.58 Å². The topological polar surface area (TPSA) is 0 Å². The van der Waals surface area contributed by atoms with Gasteiger partial charge in [0.05, 0.1) is 0 Å². The molecule has 0 saturated heterocycles. The van der Waals surface area contributed by atoms with E-state index < -0.39 is 0 Å². The van der Waals surface area contributed by atoms with Crippen LogP contribution in [0.25, 0.3) is 0 Å². The lowest BCUT2D eigenvalue weighted by Crippen LogP contribution is -2.05. The zero-order valence-electron chi connectivity index (χ0n) is 13.2. The minimum atomic E-state index is 0.921. The van der Waals surface area contributed by atoms with Crippen molar-refractivity contribution in [2.24, 2.45) is 11.8 Å². The van der Waals surface area contributed by atoms with Gasteiger partial charge in [0, 0.05) is 0 Å². The second-order valence-corrected chi connectivity index (χ2v) is 4.46. The van der Waals surface area contributed by atoms with Crippen LogP contribution in [0.4, 0.5) is 0 Å². The molecule has 0 nitrogen and oxygen atoms in total. The first-order chi connectivity index (χ1) is 7.49. The van der Waals surface area contributed by atoms with Gasteiger partial charge in [-0.1, -0.05) is 73.3 Å². The number of hydrogen-bond acceptors (Lipinski definition) is 0. The largest absolute Gasteiger partial charge is 0.100 e. The lowest BCUT2D eigenvalue weighted by molar-refractivity contribution is 0.352. The molecule has 0 saturated carbocycles. The van der Waals surface area contributed by atoms with Crippen molar-refractivity contribution >= 4 is 0 Å². The molecule has 0 aromatic carbocycles. The van der Waals surface area contributed by atoms with Gasteiger partial charge in [0.2, 0.25) is 0 Å². The summed E-state index contributed by atoms with van der Waals surface area (Å²) < 4.78 is 0. The maximum absolute atomic E-state index is 3.67. The third-order valence-electron chi connectivity index (χ3n) is 2.96. The van der Waals surface area contributed by atoms with Crippen LogP contribution in [0, 0.1) is 11.8 Å². The van der Waals surface area contributed by atoms with Crippen molar-refractivity contribution in [2.45, 2.75) is 81.1 Å². The first-order valence-electron chi connectivity index (χ1n) is 7.13. The SMILES string of the molecule is C=C(C)CC.CC.CCCC(C)C(C)CC. The molecule has 0 bridgehead atoms. The quantitative estimate of drug-likeness (QED) is 0.473. The van der Waals surface area contributed by atoms with Crippen LogP contribution in [0.5, 0.6) is 0 Å². The molecule has 0 aliphatic heterocycles. The summed E-state index contributed by atoms with van der Waals surface area (Å²) in [4.78, 5) is 0. The van der Waals surface area contributed by atoms with Gasteiger partial charge in [-0.25, -0.2) is 0 Å². The predicted molar refractivity (Wildman–Crippen MR) is 80.0 cm³/mol. The van der Waals surface area contributed by atoms with Crippen LogP contribution in [0.3, 0.4) is 0 Å². The highest BCUT2D eigenvalue weighted by Crippen LogP contribution is 2.18. The zero-order valence-corrected chi connectivity index (χ0v) is 13.2. The van der Waals surface area contributed by atoms with Crippen molar-refractivity contribution in [1.82, 2.24) is 0 Å². The van der Waals surface area contributed by atoms with Crippen LogP contribution in [-0.2, 0) is 0 Å². The van der Waals surface area contributed by atoms with Gasteiger partial charge in [-0.3, -0.25) is 0 Å². The third kappa shape index (κ3) is 19.3. The molecule has 0 spiro atoms. The van der Waals surface area contributed by atoms with E-state index in [1.54, 1.807) is 0 Å². The van der Waals surface area contributed by atoms with E-state index >= 15 is 0 Å². The number of allylic oxidation sites excluding steroid dienone is 1. The fraction of sp³-hybridized carbons (Fsp3) is 0.875. The average Bonchev–Trinajstić information content (AvgIpc) is 2.31. The predicted octanol–water partition coefficient (Wildman–Crippen LogP) is 6.47. The molecular formula is C16H36. The van der Waals surface area contributed by atoms with Crippen molar-refractivity contribution in [2.75, 3.05) is 0 Å². The first kappa shape index (κ1) is 21.1. The first-order valence-corrected chi connectivity index (χ1v) is 7.13. The summed E-state index contributed by atoms with van der Waals surface area (Å²) in [7, 11) is 0. The summed E-state index contributed by atoms with van der Waals surface area (Å²) in [5.41, 5.74) is 1.25. The Labute approximate surface area is 106 Å². The van der Waals surface area contributed by atoms with Crippen molar-refractivity contribution in [3.05, 3.63) is 12.2 Å². The van der Waals surface area contributed by atoms with Crippen molar-refractivity contribution in [1.29, 1.82) is 0 Å². The summed E-state index contributed by atoms with van der Waals surface area (Å²) >= 11 is 0. The monoisotopic (exact) mass is 228 g/mol. The van der Waals surface area contributed by atoms with Gasteiger partial charge in [0.1, 0.15) is 0 Å². The van der Waals surface area contributed by atoms with Gasteiger partial charge in [-0.05, 0) is 25.2 Å². The summed E-state index contributed by atoms with van der Waals surface area (Å²) in [6, 6.07) is 0. The van der Waals surface area contributed by atoms with E-state index in [1.165, 1.54) is 24.8 Å². The van der Waals surface area contributed by atoms with Crippen molar-refractivity contribution < 1.29 is 0 Å². The van der Waals surface area contributed by atoms with E-state index in [2.05, 4.69) is 41.2 Å². The summed E-state index contributed by atoms with van der Waals surface area (Å²) in [5, 5.41) is 0. The maximum atomic E-state index is 3.67. The van der Waals surface area contributed by atoms with E-state index in [-0.39, 0.29) is 0 Å². The lowest BCUT2D eigenvalue weighted by atomic mass is 9.90. The smallest absolute Gasteiger partial charge is 0.0354 e. The minimum absolute atomic E-state index is 0.921. The normalized spacial score (nSPS) is 12.5. The van der Waals surface area contributed by atoms with Crippen LogP contribution >= 0.6 is 0 Å². The Morgan fingerprint density at radius 3 is 1.56 bits per heavy atom. The highest BCUT2D eigenvalue weighted by Gasteiger charge is 2.07. The molecule has 0 fully saturated rings. The second-order valence-electron chi connectivity index (χ2n) is 4.46. The van der Waals surface area contributed by atoms with E-state index in [4.69, 9.17) is 0 Å². The average molecular weight is 228 g/mol. The Morgan fingerprint density at radius 1 is 1.00 bits per heavy atom. The second kappa shape index (κ2) is 17.1. The van der Waals surface area contributed by atoms with Crippen molar-refractivity contribution in [3.63, 3.8) is 0 Å². The summed E-state index contributed by atoms with van der Waals surface area (Å²) in [6.07, 6.45) is 5.18. The fourth-order valence-corrected chi connectivity index (χ4v) is 1.14. The molecule has 100 valence electrons. The molecular weight excluding hydrogens is 192 g/mol. The van der Waals surface area contributed by atoms with Gasteiger partial charge in [0.15, 0.2) is 0 Å². The van der Waals surface area contributed by atoms with Gasteiger partial charge >= 0.3 is 0 Å². The molecule has 0 heteroatoms. The van der Waals surface area contributed by atoms with Crippen molar-refractivity contribution in [3.8, 4) is 0 Å². The number of hydrogen-bond donors (Lipinski definition) is 0. The van der Waals surface area contributed by atoms with Gasteiger partial charge in [-0.2, -0.15) is 0 Å². The molecule has 0 aliphatic rings. The standard InChI is InChI=1S/C9H20.C5H10.C2H6/c1-5-7-9(4)8(3)6-2;1-4-5(2)3;1-2/h8-9H,5-7H2,1-4H3;2,4H2,1,3H3;1-2H3. The highest BCUT2D eigenvalue weighted by atomic mass is 14.1. The lowest BCUT2D eigenvalue weighted by Gasteiger charge is -2.16. The number of rotatable bonds is 5. The van der Waals surface area contributed by atoms with Crippen LogP contribution in [0.1, 0.15) is 81.1 Å². The Morgan fingerprint density at radius 2 is 1.38 bits per heavy atom. The van der Waals surface area contributed by atoms with E-state index in [0.717, 1.165) is 18.3 Å². The molecule has 0 N–H and O–H groups in total. The molecule has 0 rings (SSSR count). The van der Waals surface area contributed by atoms with E-state index in [0.29, 0.717) is 0 Å². The highest BCUT2D eigenvalue weighted by molar-refractivity contribution is 4.84. The molecule has 0 amide bonds. The van der Waals surface area contributed by atoms with E-state index in [9.17, 15) is 0 Å². The molecule has 0 aromatic heterocycles. The Balaban J connectivity index is -0.000000205. The molecule has 0 aliphatic carbocycles. The summed E-state index contributed by atoms with van der Waals surface area (Å²) in [5.74, 6) is 1.85. The molecule has 0 heterocycles. The van der Waals surface area contributed by atoms with Gasteiger partial charge < -0.3 is 0 Å². The summed E-state index contributed by atoms with van der Waals surface area (Å²) in [6.45, 7) is 21.0. The fourth-order valence-electron chi connectivity index (χ4n) is 1.14. The zero-order chi connectivity index (χ0) is 13.6. The molecule has 2 atom stereocenters. The maximum Gasteiger partial charge on any atom is -0.0354 e. The molecule has 0 aromatic rings. The van der Waals surface area contributed by atoms with Gasteiger partial charge in [0.25, 0.3) is 0 Å².